The Morgan fingerprint density at radius 1 is 1.27 bits per heavy atom. The van der Waals surface area contributed by atoms with Crippen LogP contribution in [0.3, 0.4) is 0 Å². The van der Waals surface area contributed by atoms with E-state index in [2.05, 4.69) is 35.8 Å². The van der Waals surface area contributed by atoms with Crippen LogP contribution in [0.25, 0.3) is 0 Å². The van der Waals surface area contributed by atoms with Crippen LogP contribution in [-0.4, -0.2) is 53.7 Å². The quantitative estimate of drug-likeness (QED) is 0.665. The van der Waals surface area contributed by atoms with Crippen LogP contribution in [0.2, 0.25) is 0 Å². The average molecular weight is 359 g/mol. The van der Waals surface area contributed by atoms with Crippen molar-refractivity contribution in [2.75, 3.05) is 19.6 Å². The first-order valence-electron chi connectivity index (χ1n) is 9.50. The van der Waals surface area contributed by atoms with E-state index in [0.29, 0.717) is 6.54 Å². The van der Waals surface area contributed by atoms with E-state index in [1.165, 1.54) is 11.1 Å². The maximum atomic E-state index is 12.2. The van der Waals surface area contributed by atoms with Gasteiger partial charge in [0, 0.05) is 24.0 Å². The Balaban J connectivity index is 1.42. The van der Waals surface area contributed by atoms with E-state index in [1.807, 2.05) is 17.9 Å². The SMILES string of the molecule is CCN(CC(=O)O)C1CC(NC(=O)NCC2(c3ccccc3C)CC2)C1. The number of carbonyl (C=O) groups is 2. The maximum absolute atomic E-state index is 12.2. The molecule has 2 saturated carbocycles. The smallest absolute Gasteiger partial charge is 0.317 e. The summed E-state index contributed by atoms with van der Waals surface area (Å²) < 4.78 is 0. The molecule has 0 saturated heterocycles. The molecule has 2 aliphatic rings. The molecule has 1 aromatic rings. The van der Waals surface area contributed by atoms with Crippen LogP contribution in [0.15, 0.2) is 24.3 Å². The van der Waals surface area contributed by atoms with Gasteiger partial charge in [-0.25, -0.2) is 4.79 Å². The Kier molecular flexibility index (Phi) is 5.51. The third kappa shape index (κ3) is 4.18. The van der Waals surface area contributed by atoms with E-state index in [1.54, 1.807) is 0 Å². The molecule has 3 rings (SSSR count). The molecule has 0 radical (unpaired) electrons. The number of amides is 2. The monoisotopic (exact) mass is 359 g/mol. The predicted octanol–water partition coefficient (Wildman–Crippen LogP) is 2.26. The summed E-state index contributed by atoms with van der Waals surface area (Å²) in [5.74, 6) is -0.799. The molecule has 6 nitrogen and oxygen atoms in total. The molecule has 0 atom stereocenters. The number of benzene rings is 1. The second-order valence-electron chi connectivity index (χ2n) is 7.70. The van der Waals surface area contributed by atoms with Gasteiger partial charge >= 0.3 is 12.0 Å². The van der Waals surface area contributed by atoms with Gasteiger partial charge < -0.3 is 15.7 Å². The minimum absolute atomic E-state index is 0.0685. The molecular weight excluding hydrogens is 330 g/mol. The fourth-order valence-corrected chi connectivity index (χ4v) is 4.02. The standard InChI is InChI=1S/C20H29N3O3/c1-3-23(12-18(24)25)16-10-15(11-16)22-19(26)21-13-20(8-9-20)17-7-5-4-6-14(17)2/h4-7,15-16H,3,8-13H2,1-2H3,(H,24,25)(H2,21,22,26). The van der Waals surface area contributed by atoms with Crippen molar-refractivity contribution >= 4 is 12.0 Å². The van der Waals surface area contributed by atoms with Crippen LogP contribution in [0.4, 0.5) is 4.79 Å². The summed E-state index contributed by atoms with van der Waals surface area (Å²) in [6, 6.07) is 8.68. The topological polar surface area (TPSA) is 81.7 Å². The first kappa shape index (κ1) is 18.7. The molecular formula is C20H29N3O3. The highest BCUT2D eigenvalue weighted by Gasteiger charge is 2.45. The highest BCUT2D eigenvalue weighted by atomic mass is 16.4. The summed E-state index contributed by atoms with van der Waals surface area (Å²) in [5, 5.41) is 15.0. The summed E-state index contributed by atoms with van der Waals surface area (Å²) in [7, 11) is 0. The van der Waals surface area contributed by atoms with Crippen molar-refractivity contribution in [3.05, 3.63) is 35.4 Å². The number of rotatable bonds is 8. The number of nitrogens with zero attached hydrogens (tertiary/aromatic N) is 1. The third-order valence-corrected chi connectivity index (χ3v) is 5.87. The van der Waals surface area contributed by atoms with E-state index in [9.17, 15) is 9.59 Å². The lowest BCUT2D eigenvalue weighted by atomic mass is 9.85. The Morgan fingerprint density at radius 2 is 1.96 bits per heavy atom. The molecule has 6 heteroatoms. The summed E-state index contributed by atoms with van der Waals surface area (Å²) >= 11 is 0. The normalized spacial score (nSPS) is 23.2. The number of aliphatic carboxylic acids is 1. The van der Waals surface area contributed by atoms with E-state index in [4.69, 9.17) is 5.11 Å². The number of likely N-dealkylation sites (N-methyl/N-ethyl adjacent to an activating group) is 1. The number of carbonyl (C=O) groups excluding carboxylic acids is 1. The number of carboxylic acid groups (broad SMARTS) is 1. The van der Waals surface area contributed by atoms with Gasteiger partial charge in [0.05, 0.1) is 6.54 Å². The molecule has 2 aliphatic carbocycles. The van der Waals surface area contributed by atoms with Gasteiger partial charge in [0.2, 0.25) is 0 Å². The van der Waals surface area contributed by atoms with E-state index >= 15 is 0 Å². The van der Waals surface area contributed by atoms with Crippen LogP contribution in [0, 0.1) is 6.92 Å². The second-order valence-corrected chi connectivity index (χ2v) is 7.70. The van der Waals surface area contributed by atoms with Gasteiger partial charge in [0.25, 0.3) is 0 Å². The zero-order valence-corrected chi connectivity index (χ0v) is 15.6. The van der Waals surface area contributed by atoms with Crippen LogP contribution < -0.4 is 10.6 Å². The molecule has 26 heavy (non-hydrogen) atoms. The third-order valence-electron chi connectivity index (χ3n) is 5.87. The van der Waals surface area contributed by atoms with Gasteiger partial charge in [0.15, 0.2) is 0 Å². The van der Waals surface area contributed by atoms with Gasteiger partial charge in [0.1, 0.15) is 0 Å². The summed E-state index contributed by atoms with van der Waals surface area (Å²) in [4.78, 5) is 25.1. The molecule has 0 unspecified atom stereocenters. The fraction of sp³-hybridized carbons (Fsp3) is 0.600. The molecule has 0 bridgehead atoms. The molecule has 142 valence electrons. The van der Waals surface area contributed by atoms with Crippen molar-refractivity contribution in [2.45, 2.75) is 57.0 Å². The molecule has 0 aliphatic heterocycles. The molecule has 3 N–H and O–H groups in total. The van der Waals surface area contributed by atoms with Crippen LogP contribution >= 0.6 is 0 Å². The number of aryl methyl sites for hydroxylation is 1. The van der Waals surface area contributed by atoms with E-state index < -0.39 is 5.97 Å². The number of urea groups is 1. The van der Waals surface area contributed by atoms with Crippen molar-refractivity contribution in [3.8, 4) is 0 Å². The van der Waals surface area contributed by atoms with Crippen LogP contribution in [0.5, 0.6) is 0 Å². The number of carboxylic acids is 1. The minimum Gasteiger partial charge on any atom is -0.480 e. The number of hydrogen-bond acceptors (Lipinski definition) is 3. The van der Waals surface area contributed by atoms with Gasteiger partial charge in [-0.3, -0.25) is 9.69 Å². The molecule has 0 spiro atoms. The summed E-state index contributed by atoms with van der Waals surface area (Å²) in [6.45, 7) is 5.55. The van der Waals surface area contributed by atoms with Crippen LogP contribution in [-0.2, 0) is 10.2 Å². The van der Waals surface area contributed by atoms with Crippen molar-refractivity contribution in [1.82, 2.24) is 15.5 Å². The molecule has 0 heterocycles. The highest BCUT2D eigenvalue weighted by Crippen LogP contribution is 2.48. The Hall–Kier alpha value is -2.08. The second kappa shape index (κ2) is 7.66. The lowest BCUT2D eigenvalue weighted by Crippen LogP contribution is -2.56. The zero-order chi connectivity index (χ0) is 18.7. The van der Waals surface area contributed by atoms with Crippen molar-refractivity contribution in [2.24, 2.45) is 0 Å². The van der Waals surface area contributed by atoms with Crippen molar-refractivity contribution in [3.63, 3.8) is 0 Å². The largest absolute Gasteiger partial charge is 0.480 e. The minimum atomic E-state index is -0.799. The van der Waals surface area contributed by atoms with Gasteiger partial charge in [-0.15, -0.1) is 0 Å². The lowest BCUT2D eigenvalue weighted by molar-refractivity contribution is -0.139. The highest BCUT2D eigenvalue weighted by molar-refractivity contribution is 5.74. The Labute approximate surface area is 155 Å². The lowest BCUT2D eigenvalue weighted by Gasteiger charge is -2.42. The van der Waals surface area contributed by atoms with Gasteiger partial charge in [-0.1, -0.05) is 31.2 Å². The molecule has 2 amide bonds. The fourth-order valence-electron chi connectivity index (χ4n) is 4.02. The van der Waals surface area contributed by atoms with Crippen LogP contribution in [0.1, 0.15) is 43.7 Å². The average Bonchev–Trinajstić information content (AvgIpc) is 3.35. The van der Waals surface area contributed by atoms with E-state index in [-0.39, 0.29) is 30.1 Å². The predicted molar refractivity (Wildman–Crippen MR) is 100 cm³/mol. The van der Waals surface area contributed by atoms with Gasteiger partial charge in [-0.2, -0.15) is 0 Å². The molecule has 0 aromatic heterocycles. The number of hydrogen-bond donors (Lipinski definition) is 3. The summed E-state index contributed by atoms with van der Waals surface area (Å²) in [6.07, 6.45) is 3.86. The van der Waals surface area contributed by atoms with Gasteiger partial charge in [-0.05, 0) is 50.3 Å². The zero-order valence-electron chi connectivity index (χ0n) is 15.6. The molecule has 1 aromatic carbocycles. The van der Waals surface area contributed by atoms with Crippen molar-refractivity contribution < 1.29 is 14.7 Å². The number of nitrogens with one attached hydrogen (secondary N) is 2. The van der Waals surface area contributed by atoms with E-state index in [0.717, 1.165) is 32.2 Å². The summed E-state index contributed by atoms with van der Waals surface area (Å²) in [5.41, 5.74) is 2.73. The molecule has 2 fully saturated rings. The maximum Gasteiger partial charge on any atom is 0.317 e. The Bertz CT molecular complexity index is 666. The first-order valence-corrected chi connectivity index (χ1v) is 9.50. The first-order chi connectivity index (χ1) is 12.4. The van der Waals surface area contributed by atoms with Crippen molar-refractivity contribution in [1.29, 1.82) is 0 Å². The Morgan fingerprint density at radius 3 is 2.54 bits per heavy atom.